The minimum absolute atomic E-state index is 0.0435. The van der Waals surface area contributed by atoms with Crippen molar-refractivity contribution < 1.29 is 18.0 Å². The molecule has 1 fully saturated rings. The zero-order valence-corrected chi connectivity index (χ0v) is 18.5. The van der Waals surface area contributed by atoms with Crippen molar-refractivity contribution in [3.8, 4) is 6.07 Å². The van der Waals surface area contributed by atoms with Gasteiger partial charge in [0.1, 0.15) is 5.82 Å². The fourth-order valence-corrected chi connectivity index (χ4v) is 4.14. The number of nitriles is 1. The van der Waals surface area contributed by atoms with Crippen molar-refractivity contribution in [3.63, 3.8) is 0 Å². The van der Waals surface area contributed by atoms with Crippen LogP contribution in [0.25, 0.3) is 0 Å². The van der Waals surface area contributed by atoms with E-state index in [9.17, 15) is 18.0 Å². The summed E-state index contributed by atoms with van der Waals surface area (Å²) in [6.07, 6.45) is -1.73. The van der Waals surface area contributed by atoms with E-state index in [1.54, 1.807) is 12.1 Å². The fraction of sp³-hybridized carbons (Fsp3) is 0.435. The molecule has 0 atom stereocenters. The number of rotatable bonds is 6. The molecule has 3 rings (SSSR count). The Morgan fingerprint density at radius 1 is 1.28 bits per heavy atom. The number of carbonyl (C=O) groups is 1. The Hall–Kier alpha value is -2.79. The predicted octanol–water partition coefficient (Wildman–Crippen LogP) is 5.28. The van der Waals surface area contributed by atoms with Crippen molar-refractivity contribution in [2.24, 2.45) is 5.92 Å². The quantitative estimate of drug-likeness (QED) is 0.583. The molecule has 5 nitrogen and oxygen atoms in total. The maximum Gasteiger partial charge on any atom is 0.417 e. The van der Waals surface area contributed by atoms with Crippen LogP contribution in [0.1, 0.15) is 42.9 Å². The van der Waals surface area contributed by atoms with Gasteiger partial charge in [0.25, 0.3) is 0 Å². The van der Waals surface area contributed by atoms with Gasteiger partial charge in [0.2, 0.25) is 5.91 Å². The molecule has 170 valence electrons. The molecule has 2 heterocycles. The van der Waals surface area contributed by atoms with Crippen LogP contribution >= 0.6 is 11.6 Å². The van der Waals surface area contributed by atoms with E-state index in [4.69, 9.17) is 16.9 Å². The van der Waals surface area contributed by atoms with Crippen molar-refractivity contribution in [2.75, 3.05) is 24.5 Å². The first-order chi connectivity index (χ1) is 15.2. The first-order valence-corrected chi connectivity index (χ1v) is 10.9. The number of aromatic nitrogens is 1. The zero-order chi connectivity index (χ0) is 23.3. The maximum atomic E-state index is 13.2. The number of nitrogens with zero attached hydrogens (tertiary/aromatic N) is 4. The Labute approximate surface area is 190 Å². The second-order valence-electron chi connectivity index (χ2n) is 7.86. The minimum Gasteiger partial charge on any atom is -0.355 e. The molecule has 0 unspecified atom stereocenters. The monoisotopic (exact) mass is 464 g/mol. The van der Waals surface area contributed by atoms with Gasteiger partial charge in [-0.15, -0.1) is 0 Å². The molecule has 1 amide bonds. The van der Waals surface area contributed by atoms with E-state index in [2.05, 4.69) is 11.1 Å². The Morgan fingerprint density at radius 3 is 2.47 bits per heavy atom. The second-order valence-corrected chi connectivity index (χ2v) is 8.26. The van der Waals surface area contributed by atoms with Gasteiger partial charge >= 0.3 is 6.18 Å². The molecule has 1 aromatic carbocycles. The summed E-state index contributed by atoms with van der Waals surface area (Å²) >= 11 is 6.07. The lowest BCUT2D eigenvalue weighted by atomic mass is 9.94. The third kappa shape index (κ3) is 5.71. The van der Waals surface area contributed by atoms with Crippen LogP contribution in [0.15, 0.2) is 36.5 Å². The number of hydrogen-bond donors (Lipinski definition) is 0. The summed E-state index contributed by atoms with van der Waals surface area (Å²) in [5, 5.41) is 8.90. The third-order valence-corrected chi connectivity index (χ3v) is 5.83. The highest BCUT2D eigenvalue weighted by molar-refractivity contribution is 6.33. The van der Waals surface area contributed by atoms with E-state index in [-0.39, 0.29) is 16.8 Å². The van der Waals surface area contributed by atoms with E-state index in [1.807, 2.05) is 28.9 Å². The highest BCUT2D eigenvalue weighted by Gasteiger charge is 2.33. The smallest absolute Gasteiger partial charge is 0.355 e. The Kier molecular flexibility index (Phi) is 7.62. The summed E-state index contributed by atoms with van der Waals surface area (Å²) in [6.45, 7) is 4.10. The van der Waals surface area contributed by atoms with Crippen LogP contribution in [-0.2, 0) is 17.5 Å². The molecule has 2 aromatic rings. The Morgan fingerprint density at radius 2 is 1.94 bits per heavy atom. The van der Waals surface area contributed by atoms with Gasteiger partial charge in [-0.1, -0.05) is 30.7 Å². The first-order valence-electron chi connectivity index (χ1n) is 10.5. The van der Waals surface area contributed by atoms with E-state index < -0.39 is 11.7 Å². The van der Waals surface area contributed by atoms with Crippen LogP contribution in [0.3, 0.4) is 0 Å². The lowest BCUT2D eigenvalue weighted by Crippen LogP contribution is -2.43. The Bertz CT molecular complexity index is 980. The Balaban J connectivity index is 1.63. The van der Waals surface area contributed by atoms with E-state index in [0.29, 0.717) is 50.4 Å². The topological polar surface area (TPSA) is 60.2 Å². The minimum atomic E-state index is -4.49. The summed E-state index contributed by atoms with van der Waals surface area (Å²) in [5.41, 5.74) is 0.656. The van der Waals surface area contributed by atoms with Gasteiger partial charge in [-0.25, -0.2) is 4.98 Å². The molecule has 9 heteroatoms. The summed E-state index contributed by atoms with van der Waals surface area (Å²) in [4.78, 5) is 20.8. The number of anilines is 1. The SMILES string of the molecule is CCCN(Cc1ccc(C#N)cc1)C(=O)C1CCN(c2ncc(C(F)(F)F)cc2Cl)CC1. The van der Waals surface area contributed by atoms with E-state index >= 15 is 0 Å². The van der Waals surface area contributed by atoms with Crippen molar-refractivity contribution in [1.82, 2.24) is 9.88 Å². The molecule has 1 aliphatic heterocycles. The van der Waals surface area contributed by atoms with Gasteiger partial charge in [-0.05, 0) is 43.0 Å². The summed E-state index contributed by atoms with van der Waals surface area (Å²) in [6, 6.07) is 10.2. The van der Waals surface area contributed by atoms with Gasteiger partial charge in [0.05, 0.1) is 22.2 Å². The van der Waals surface area contributed by atoms with Crippen LogP contribution in [0.5, 0.6) is 0 Å². The van der Waals surface area contributed by atoms with E-state index in [1.165, 1.54) is 0 Å². The third-order valence-electron chi connectivity index (χ3n) is 5.55. The molecular weight excluding hydrogens is 441 g/mol. The van der Waals surface area contributed by atoms with Gasteiger partial charge in [-0.3, -0.25) is 4.79 Å². The lowest BCUT2D eigenvalue weighted by Gasteiger charge is -2.35. The second kappa shape index (κ2) is 10.2. The molecule has 1 aliphatic rings. The van der Waals surface area contributed by atoms with Gasteiger partial charge < -0.3 is 9.80 Å². The van der Waals surface area contributed by atoms with Gasteiger partial charge in [0, 0.05) is 38.3 Å². The normalized spacial score (nSPS) is 14.8. The van der Waals surface area contributed by atoms with Gasteiger partial charge in [-0.2, -0.15) is 18.4 Å². The molecular formula is C23H24ClF3N4O. The average Bonchev–Trinajstić information content (AvgIpc) is 2.78. The number of carbonyl (C=O) groups excluding carboxylic acids is 1. The van der Waals surface area contributed by atoms with Crippen LogP contribution < -0.4 is 4.90 Å². The van der Waals surface area contributed by atoms with Crippen molar-refractivity contribution in [3.05, 3.63) is 58.2 Å². The van der Waals surface area contributed by atoms with E-state index in [0.717, 1.165) is 24.2 Å². The standard InChI is InChI=1S/C23H24ClF3N4O/c1-2-9-31(15-17-5-3-16(13-28)4-6-17)22(32)18-7-10-30(11-8-18)21-20(24)12-19(14-29-21)23(25,26)27/h3-6,12,14,18H,2,7-11,15H2,1H3. The van der Waals surface area contributed by atoms with Crippen LogP contribution in [0, 0.1) is 17.2 Å². The molecule has 0 radical (unpaired) electrons. The van der Waals surface area contributed by atoms with Crippen molar-refractivity contribution in [1.29, 1.82) is 5.26 Å². The molecule has 0 aliphatic carbocycles. The molecule has 0 N–H and O–H groups in total. The number of halogens is 4. The number of benzene rings is 1. The number of hydrogen-bond acceptors (Lipinski definition) is 4. The summed E-state index contributed by atoms with van der Waals surface area (Å²) < 4.78 is 38.5. The maximum absolute atomic E-state index is 13.2. The molecule has 1 aromatic heterocycles. The molecule has 0 bridgehead atoms. The number of alkyl halides is 3. The summed E-state index contributed by atoms with van der Waals surface area (Å²) in [5.74, 6) is 0.223. The highest BCUT2D eigenvalue weighted by Crippen LogP contribution is 2.35. The van der Waals surface area contributed by atoms with Crippen LogP contribution in [-0.4, -0.2) is 35.4 Å². The molecule has 0 spiro atoms. The lowest BCUT2D eigenvalue weighted by molar-refractivity contribution is -0.138. The fourth-order valence-electron chi connectivity index (χ4n) is 3.86. The van der Waals surface area contributed by atoms with Gasteiger partial charge in [0.15, 0.2) is 0 Å². The van der Waals surface area contributed by atoms with Crippen molar-refractivity contribution >= 4 is 23.3 Å². The predicted molar refractivity (Wildman–Crippen MR) is 116 cm³/mol. The summed E-state index contributed by atoms with van der Waals surface area (Å²) in [7, 11) is 0. The average molecular weight is 465 g/mol. The number of piperidine rings is 1. The molecule has 32 heavy (non-hydrogen) atoms. The molecule has 1 saturated heterocycles. The number of amides is 1. The van der Waals surface area contributed by atoms with Crippen LogP contribution in [0.4, 0.5) is 19.0 Å². The van der Waals surface area contributed by atoms with Crippen LogP contribution in [0.2, 0.25) is 5.02 Å². The zero-order valence-electron chi connectivity index (χ0n) is 17.7. The first kappa shape index (κ1) is 23.9. The largest absolute Gasteiger partial charge is 0.417 e. The molecule has 0 saturated carbocycles. The number of pyridine rings is 1. The highest BCUT2D eigenvalue weighted by atomic mass is 35.5. The van der Waals surface area contributed by atoms with Crippen molar-refractivity contribution in [2.45, 2.75) is 38.9 Å².